The molecule has 0 atom stereocenters. The van der Waals surface area contributed by atoms with E-state index in [0.717, 1.165) is 31.6 Å². The van der Waals surface area contributed by atoms with Gasteiger partial charge in [-0.1, -0.05) is 76.6 Å². The van der Waals surface area contributed by atoms with Crippen LogP contribution in [0.15, 0.2) is 82.4 Å². The van der Waals surface area contributed by atoms with Gasteiger partial charge < -0.3 is 5.11 Å². The highest BCUT2D eigenvalue weighted by molar-refractivity contribution is 9.10. The van der Waals surface area contributed by atoms with Crippen molar-refractivity contribution >= 4 is 49.6 Å². The van der Waals surface area contributed by atoms with E-state index in [4.69, 9.17) is 0 Å². The van der Waals surface area contributed by atoms with Crippen LogP contribution in [0.25, 0.3) is 21.5 Å². The molecule has 5 heteroatoms. The summed E-state index contributed by atoms with van der Waals surface area (Å²) in [5.74, 6) is -0.0981. The number of hydrazone groups is 1. The zero-order valence-corrected chi connectivity index (χ0v) is 16.5. The molecule has 0 aliphatic heterocycles. The molecule has 4 rings (SSSR count). The Morgan fingerprint density at radius 2 is 1.64 bits per heavy atom. The lowest BCUT2D eigenvalue weighted by Crippen LogP contribution is -2.20. The standard InChI is InChI=1S/C23H17BrN2O2/c24-21-11-9-16(18-7-3-4-8-19(18)21)13-23(28)26-25-14-20-17-6-2-1-5-15(17)10-12-22(20)27/h1-12,14,27H,13H2,(H,26,28)/b25-14+. The average Bonchev–Trinajstić information content (AvgIpc) is 2.72. The van der Waals surface area contributed by atoms with Crippen molar-refractivity contribution in [2.75, 3.05) is 0 Å². The lowest BCUT2D eigenvalue weighted by Gasteiger charge is -2.08. The van der Waals surface area contributed by atoms with Crippen molar-refractivity contribution in [1.29, 1.82) is 0 Å². The summed E-state index contributed by atoms with van der Waals surface area (Å²) in [4.78, 5) is 12.4. The van der Waals surface area contributed by atoms with Crippen molar-refractivity contribution < 1.29 is 9.90 Å². The van der Waals surface area contributed by atoms with E-state index >= 15 is 0 Å². The summed E-state index contributed by atoms with van der Waals surface area (Å²) in [6, 6.07) is 23.0. The number of nitrogens with zero attached hydrogens (tertiary/aromatic N) is 1. The lowest BCUT2D eigenvalue weighted by molar-refractivity contribution is -0.120. The number of carbonyl (C=O) groups excluding carboxylic acids is 1. The molecule has 0 spiro atoms. The number of hydrogen-bond acceptors (Lipinski definition) is 3. The van der Waals surface area contributed by atoms with Crippen molar-refractivity contribution in [3.8, 4) is 5.75 Å². The summed E-state index contributed by atoms with van der Waals surface area (Å²) in [6.07, 6.45) is 1.70. The zero-order chi connectivity index (χ0) is 19.5. The fourth-order valence-corrected chi connectivity index (χ4v) is 3.76. The van der Waals surface area contributed by atoms with Crippen LogP contribution in [0.3, 0.4) is 0 Å². The van der Waals surface area contributed by atoms with Gasteiger partial charge in [-0.3, -0.25) is 4.79 Å². The van der Waals surface area contributed by atoms with Crippen LogP contribution in [-0.4, -0.2) is 17.2 Å². The first-order valence-electron chi connectivity index (χ1n) is 8.82. The number of amides is 1. The topological polar surface area (TPSA) is 61.7 Å². The van der Waals surface area contributed by atoms with Gasteiger partial charge in [-0.15, -0.1) is 0 Å². The van der Waals surface area contributed by atoms with Crippen LogP contribution in [0.4, 0.5) is 0 Å². The van der Waals surface area contributed by atoms with E-state index in [9.17, 15) is 9.90 Å². The molecular formula is C23H17BrN2O2. The van der Waals surface area contributed by atoms with Crippen LogP contribution in [0.5, 0.6) is 5.75 Å². The predicted octanol–water partition coefficient (Wildman–Crippen LogP) is 5.15. The summed E-state index contributed by atoms with van der Waals surface area (Å²) in [7, 11) is 0. The second-order valence-corrected chi connectivity index (χ2v) is 7.30. The maximum Gasteiger partial charge on any atom is 0.244 e. The van der Waals surface area contributed by atoms with Crippen LogP contribution in [-0.2, 0) is 11.2 Å². The Morgan fingerprint density at radius 3 is 2.46 bits per heavy atom. The molecule has 1 amide bonds. The predicted molar refractivity (Wildman–Crippen MR) is 117 cm³/mol. The summed E-state index contributed by atoms with van der Waals surface area (Å²) < 4.78 is 0.997. The Labute approximate surface area is 170 Å². The Morgan fingerprint density at radius 1 is 0.929 bits per heavy atom. The van der Waals surface area contributed by atoms with Gasteiger partial charge in [-0.2, -0.15) is 5.10 Å². The molecule has 0 aliphatic rings. The van der Waals surface area contributed by atoms with Gasteiger partial charge in [-0.05, 0) is 39.2 Å². The largest absolute Gasteiger partial charge is 0.507 e. The van der Waals surface area contributed by atoms with Gasteiger partial charge in [0.2, 0.25) is 5.91 Å². The number of phenols is 1. The summed E-state index contributed by atoms with van der Waals surface area (Å²) in [6.45, 7) is 0. The number of phenolic OH excluding ortho intramolecular Hbond substituents is 1. The number of fused-ring (bicyclic) bond motifs is 2. The molecule has 2 N–H and O–H groups in total. The minimum atomic E-state index is -0.219. The number of aromatic hydroxyl groups is 1. The smallest absolute Gasteiger partial charge is 0.244 e. The second-order valence-electron chi connectivity index (χ2n) is 6.44. The van der Waals surface area contributed by atoms with Crippen LogP contribution < -0.4 is 5.43 Å². The number of halogens is 1. The molecule has 138 valence electrons. The molecule has 0 radical (unpaired) electrons. The fraction of sp³-hybridized carbons (Fsp3) is 0.0435. The number of carbonyl (C=O) groups is 1. The molecule has 0 heterocycles. The molecule has 0 saturated heterocycles. The van der Waals surface area contributed by atoms with E-state index in [2.05, 4.69) is 26.5 Å². The van der Waals surface area contributed by atoms with Gasteiger partial charge in [0.1, 0.15) is 5.75 Å². The molecule has 4 nitrogen and oxygen atoms in total. The Kier molecular flexibility index (Phi) is 5.08. The highest BCUT2D eigenvalue weighted by Gasteiger charge is 2.09. The third kappa shape index (κ3) is 3.62. The van der Waals surface area contributed by atoms with E-state index in [0.29, 0.717) is 5.56 Å². The first-order valence-corrected chi connectivity index (χ1v) is 9.61. The molecule has 28 heavy (non-hydrogen) atoms. The number of benzene rings is 4. The SMILES string of the molecule is O=C(Cc1ccc(Br)c2ccccc12)N/N=C/c1c(O)ccc2ccccc12. The first kappa shape index (κ1) is 18.2. The Bertz CT molecular complexity index is 1220. The van der Waals surface area contributed by atoms with Crippen molar-refractivity contribution in [1.82, 2.24) is 5.43 Å². The van der Waals surface area contributed by atoms with Crippen LogP contribution in [0, 0.1) is 0 Å². The zero-order valence-electron chi connectivity index (χ0n) is 14.9. The van der Waals surface area contributed by atoms with E-state index in [1.54, 1.807) is 6.07 Å². The van der Waals surface area contributed by atoms with Crippen LogP contribution in [0.2, 0.25) is 0 Å². The highest BCUT2D eigenvalue weighted by Crippen LogP contribution is 2.27. The molecule has 0 saturated carbocycles. The van der Waals surface area contributed by atoms with Gasteiger partial charge in [0, 0.05) is 10.0 Å². The second kappa shape index (κ2) is 7.82. The quantitative estimate of drug-likeness (QED) is 0.345. The van der Waals surface area contributed by atoms with Crippen molar-refractivity contribution in [2.45, 2.75) is 6.42 Å². The monoisotopic (exact) mass is 432 g/mol. The Balaban J connectivity index is 1.53. The highest BCUT2D eigenvalue weighted by atomic mass is 79.9. The Hall–Kier alpha value is -3.18. The number of nitrogens with one attached hydrogen (secondary N) is 1. The molecule has 0 aromatic heterocycles. The van der Waals surface area contributed by atoms with Gasteiger partial charge in [-0.25, -0.2) is 5.43 Å². The van der Waals surface area contributed by atoms with E-state index < -0.39 is 0 Å². The molecule has 4 aromatic rings. The van der Waals surface area contributed by atoms with Gasteiger partial charge in [0.15, 0.2) is 0 Å². The molecule has 0 fully saturated rings. The average molecular weight is 433 g/mol. The van der Waals surface area contributed by atoms with E-state index in [1.807, 2.05) is 66.7 Å². The van der Waals surface area contributed by atoms with Crippen molar-refractivity contribution in [3.05, 3.63) is 88.4 Å². The molecule has 4 aromatic carbocycles. The first-order chi connectivity index (χ1) is 13.6. The van der Waals surface area contributed by atoms with Gasteiger partial charge in [0.05, 0.1) is 12.6 Å². The van der Waals surface area contributed by atoms with E-state index in [-0.39, 0.29) is 18.1 Å². The maximum atomic E-state index is 12.4. The third-order valence-electron chi connectivity index (χ3n) is 4.64. The molecule has 0 unspecified atom stereocenters. The number of hydrogen-bond donors (Lipinski definition) is 2. The molecular weight excluding hydrogens is 416 g/mol. The van der Waals surface area contributed by atoms with Crippen molar-refractivity contribution in [3.63, 3.8) is 0 Å². The normalized spacial score (nSPS) is 11.3. The summed E-state index contributed by atoms with van der Waals surface area (Å²) in [5, 5.41) is 18.2. The van der Waals surface area contributed by atoms with Crippen LogP contribution in [0.1, 0.15) is 11.1 Å². The summed E-state index contributed by atoms with van der Waals surface area (Å²) >= 11 is 3.54. The van der Waals surface area contributed by atoms with E-state index in [1.165, 1.54) is 6.21 Å². The number of rotatable bonds is 4. The third-order valence-corrected chi connectivity index (χ3v) is 5.33. The maximum absolute atomic E-state index is 12.4. The lowest BCUT2D eigenvalue weighted by atomic mass is 10.0. The van der Waals surface area contributed by atoms with Gasteiger partial charge in [0.25, 0.3) is 0 Å². The minimum Gasteiger partial charge on any atom is -0.507 e. The molecule has 0 aliphatic carbocycles. The van der Waals surface area contributed by atoms with Crippen molar-refractivity contribution in [2.24, 2.45) is 5.10 Å². The summed E-state index contributed by atoms with van der Waals surface area (Å²) in [5.41, 5.74) is 4.07. The van der Waals surface area contributed by atoms with Crippen LogP contribution >= 0.6 is 15.9 Å². The molecule has 0 bridgehead atoms. The minimum absolute atomic E-state index is 0.121. The fourth-order valence-electron chi connectivity index (χ4n) is 3.28. The van der Waals surface area contributed by atoms with Gasteiger partial charge >= 0.3 is 0 Å².